The number of nitrogens with zero attached hydrogens (tertiary/aromatic N) is 2. The second-order valence-electron chi connectivity index (χ2n) is 9.63. The first-order valence-corrected chi connectivity index (χ1v) is 12.4. The summed E-state index contributed by atoms with van der Waals surface area (Å²) in [6.45, 7) is 6.10. The average molecular weight is 504 g/mol. The van der Waals surface area contributed by atoms with Crippen LogP contribution in [0, 0.1) is 11.6 Å². The van der Waals surface area contributed by atoms with E-state index in [0.29, 0.717) is 24.5 Å². The smallest absolute Gasteiger partial charge is 0.326 e. The molecule has 1 aromatic heterocycles. The summed E-state index contributed by atoms with van der Waals surface area (Å²) in [7, 11) is 0. The number of H-pyrrole nitrogens is 1. The van der Waals surface area contributed by atoms with Gasteiger partial charge in [0, 0.05) is 42.9 Å². The number of halogens is 2. The van der Waals surface area contributed by atoms with E-state index < -0.39 is 5.82 Å². The Hall–Kier alpha value is -3.75. The van der Waals surface area contributed by atoms with Gasteiger partial charge in [-0.2, -0.15) is 0 Å². The van der Waals surface area contributed by atoms with Crippen molar-refractivity contribution in [1.29, 1.82) is 0 Å². The van der Waals surface area contributed by atoms with Gasteiger partial charge in [-0.25, -0.2) is 13.6 Å². The summed E-state index contributed by atoms with van der Waals surface area (Å²) >= 11 is 0. The molecule has 1 N–H and O–H groups in total. The maximum atomic E-state index is 14.0. The van der Waals surface area contributed by atoms with Crippen molar-refractivity contribution in [3.05, 3.63) is 99.0 Å². The molecule has 4 aromatic rings. The highest BCUT2D eigenvalue weighted by Crippen LogP contribution is 2.38. The molecule has 0 unspecified atom stereocenters. The van der Waals surface area contributed by atoms with Crippen molar-refractivity contribution in [2.75, 3.05) is 32.8 Å². The summed E-state index contributed by atoms with van der Waals surface area (Å²) < 4.78 is 41.1. The average Bonchev–Trinajstić information content (AvgIpc) is 3.14. The quantitative estimate of drug-likeness (QED) is 0.427. The zero-order chi connectivity index (χ0) is 25.5. The molecule has 37 heavy (non-hydrogen) atoms. The molecule has 0 amide bonds. The highest BCUT2D eigenvalue weighted by molar-refractivity contribution is 5.95. The predicted molar refractivity (Wildman–Crippen MR) is 139 cm³/mol. The molecule has 190 valence electrons. The van der Waals surface area contributed by atoms with Crippen LogP contribution in [0.15, 0.2) is 59.4 Å². The summed E-state index contributed by atoms with van der Waals surface area (Å²) in [5, 5.41) is 0. The van der Waals surface area contributed by atoms with Crippen LogP contribution in [0.4, 0.5) is 8.78 Å². The Morgan fingerprint density at radius 2 is 1.76 bits per heavy atom. The molecule has 1 atom stereocenters. The number of hydrogen-bond acceptors (Lipinski definition) is 4. The van der Waals surface area contributed by atoms with Crippen LogP contribution in [-0.2, 0) is 11.3 Å². The zero-order valence-electron chi connectivity index (χ0n) is 20.5. The molecular formula is C29H27F2N3O3. The Kier molecular flexibility index (Phi) is 6.14. The van der Waals surface area contributed by atoms with Gasteiger partial charge in [0.1, 0.15) is 24.0 Å². The van der Waals surface area contributed by atoms with Crippen LogP contribution in [0.2, 0.25) is 0 Å². The third kappa shape index (κ3) is 4.58. The van der Waals surface area contributed by atoms with Gasteiger partial charge in [-0.05, 0) is 66.1 Å². The minimum absolute atomic E-state index is 0.00823. The minimum atomic E-state index is -0.401. The predicted octanol–water partition coefficient (Wildman–Crippen LogP) is 4.98. The van der Waals surface area contributed by atoms with Crippen LogP contribution in [0.5, 0.6) is 5.75 Å². The van der Waals surface area contributed by atoms with Gasteiger partial charge < -0.3 is 14.5 Å². The van der Waals surface area contributed by atoms with E-state index in [-0.39, 0.29) is 24.2 Å². The van der Waals surface area contributed by atoms with Crippen molar-refractivity contribution in [1.82, 2.24) is 14.5 Å². The maximum Gasteiger partial charge on any atom is 0.326 e. The van der Waals surface area contributed by atoms with Gasteiger partial charge in [0.2, 0.25) is 0 Å². The van der Waals surface area contributed by atoms with Crippen LogP contribution in [0.3, 0.4) is 0 Å². The first kappa shape index (κ1) is 23.6. The molecule has 2 aliphatic heterocycles. The second kappa shape index (κ2) is 9.61. The van der Waals surface area contributed by atoms with Crippen LogP contribution in [0.25, 0.3) is 22.7 Å². The van der Waals surface area contributed by atoms with Crippen molar-refractivity contribution in [2.45, 2.75) is 19.6 Å². The topological polar surface area (TPSA) is 59.5 Å². The molecule has 1 fully saturated rings. The van der Waals surface area contributed by atoms with Gasteiger partial charge in [-0.3, -0.25) is 9.47 Å². The summed E-state index contributed by atoms with van der Waals surface area (Å²) in [5.74, 6) is -0.354. The molecule has 6 nitrogen and oxygen atoms in total. The molecule has 2 aliphatic rings. The van der Waals surface area contributed by atoms with Crippen molar-refractivity contribution >= 4 is 22.7 Å². The molecular weight excluding hydrogens is 476 g/mol. The van der Waals surface area contributed by atoms with Crippen molar-refractivity contribution in [3.8, 4) is 5.75 Å². The number of aromatic nitrogens is 2. The van der Waals surface area contributed by atoms with E-state index >= 15 is 0 Å². The van der Waals surface area contributed by atoms with E-state index in [1.807, 2.05) is 24.3 Å². The molecule has 0 spiro atoms. The number of fused-ring (bicyclic) bond motifs is 3. The van der Waals surface area contributed by atoms with E-state index in [0.717, 1.165) is 52.9 Å². The van der Waals surface area contributed by atoms with E-state index in [9.17, 15) is 13.6 Å². The standard InChI is InChI=1S/C29H27F2N3O3/c1-18(16-33-8-10-36-11-9-33)34-27-7-2-19(13-26(27)32-29(34)35)12-25-23-5-3-21(30)14-20(23)17-37-28-15-22(31)4-6-24(25)28/h2-7,12-15,18H,8-11,16-17H2,1H3,(H,32,35)/b25-12+/t18-/m1/s1. The Morgan fingerprint density at radius 3 is 2.57 bits per heavy atom. The van der Waals surface area contributed by atoms with Gasteiger partial charge in [0.05, 0.1) is 24.2 Å². The van der Waals surface area contributed by atoms with E-state index in [1.54, 1.807) is 16.7 Å². The van der Waals surface area contributed by atoms with Crippen LogP contribution < -0.4 is 10.4 Å². The van der Waals surface area contributed by atoms with E-state index in [2.05, 4.69) is 16.8 Å². The molecule has 0 bridgehead atoms. The monoisotopic (exact) mass is 503 g/mol. The first-order chi connectivity index (χ1) is 18.0. The van der Waals surface area contributed by atoms with Gasteiger partial charge in [-0.1, -0.05) is 12.1 Å². The number of benzene rings is 3. The Morgan fingerprint density at radius 1 is 1.00 bits per heavy atom. The van der Waals surface area contributed by atoms with Gasteiger partial charge in [-0.15, -0.1) is 0 Å². The molecule has 8 heteroatoms. The van der Waals surface area contributed by atoms with Crippen molar-refractivity contribution < 1.29 is 18.3 Å². The molecule has 1 saturated heterocycles. The van der Waals surface area contributed by atoms with E-state index in [1.165, 1.54) is 24.3 Å². The Balaban J connectivity index is 1.41. The van der Waals surface area contributed by atoms with Crippen LogP contribution >= 0.6 is 0 Å². The highest BCUT2D eigenvalue weighted by Gasteiger charge is 2.22. The number of ether oxygens (including phenoxy) is 2. The maximum absolute atomic E-state index is 14.0. The van der Waals surface area contributed by atoms with Crippen molar-refractivity contribution in [3.63, 3.8) is 0 Å². The van der Waals surface area contributed by atoms with Gasteiger partial charge >= 0.3 is 5.69 Å². The summed E-state index contributed by atoms with van der Waals surface area (Å²) in [6.07, 6.45) is 1.97. The third-order valence-electron chi connectivity index (χ3n) is 7.09. The lowest BCUT2D eigenvalue weighted by Crippen LogP contribution is -2.40. The Bertz CT molecular complexity index is 1510. The fourth-order valence-corrected chi connectivity index (χ4v) is 5.32. The number of hydrogen-bond donors (Lipinski definition) is 1. The lowest BCUT2D eigenvalue weighted by molar-refractivity contribution is 0.0326. The van der Waals surface area contributed by atoms with Crippen molar-refractivity contribution in [2.24, 2.45) is 0 Å². The lowest BCUT2D eigenvalue weighted by Gasteiger charge is -2.29. The van der Waals surface area contributed by atoms with Gasteiger partial charge in [0.15, 0.2) is 0 Å². The summed E-state index contributed by atoms with van der Waals surface area (Å²) in [5.41, 5.74) is 5.28. The lowest BCUT2D eigenvalue weighted by atomic mass is 9.92. The Labute approximate surface area is 212 Å². The van der Waals surface area contributed by atoms with Crippen LogP contribution in [0.1, 0.15) is 35.2 Å². The summed E-state index contributed by atoms with van der Waals surface area (Å²) in [6, 6.07) is 14.8. The number of aromatic amines is 1. The fourth-order valence-electron chi connectivity index (χ4n) is 5.32. The molecule has 3 heterocycles. The zero-order valence-corrected chi connectivity index (χ0v) is 20.5. The minimum Gasteiger partial charge on any atom is -0.488 e. The fraction of sp³-hybridized carbons (Fsp3) is 0.276. The van der Waals surface area contributed by atoms with E-state index in [4.69, 9.17) is 9.47 Å². The normalized spacial score (nSPS) is 17.8. The molecule has 0 saturated carbocycles. The number of imidazole rings is 1. The number of rotatable bonds is 4. The largest absolute Gasteiger partial charge is 0.488 e. The van der Waals surface area contributed by atoms with Gasteiger partial charge in [0.25, 0.3) is 0 Å². The number of morpholine rings is 1. The summed E-state index contributed by atoms with van der Waals surface area (Å²) in [4.78, 5) is 18.2. The number of nitrogens with one attached hydrogen (secondary N) is 1. The highest BCUT2D eigenvalue weighted by atomic mass is 19.1. The SMILES string of the molecule is C[C@H](CN1CCOCC1)n1c(=O)[nH]c2cc(/C=C3\c4ccc(F)cc4COc4cc(F)ccc43)ccc21. The molecule has 0 radical (unpaired) electrons. The molecule has 3 aromatic carbocycles. The molecule has 6 rings (SSSR count). The third-order valence-corrected chi connectivity index (χ3v) is 7.09. The van der Waals surface area contributed by atoms with Crippen LogP contribution in [-0.4, -0.2) is 47.3 Å². The molecule has 0 aliphatic carbocycles. The second-order valence-corrected chi connectivity index (χ2v) is 9.63. The first-order valence-electron chi connectivity index (χ1n) is 12.4.